The fourth-order valence-electron chi connectivity index (χ4n) is 3.18. The van der Waals surface area contributed by atoms with E-state index < -0.39 is 17.9 Å². The predicted octanol–water partition coefficient (Wildman–Crippen LogP) is 4.61. The molecule has 3 amide bonds. The number of carbonyl (C=O) groups excluding carboxylic acids is 2. The van der Waals surface area contributed by atoms with E-state index in [0.29, 0.717) is 11.4 Å². The number of amides is 3. The van der Waals surface area contributed by atoms with Crippen LogP contribution in [0.5, 0.6) is 0 Å². The molecular formula is C21H18FN3O2S. The minimum absolute atomic E-state index is 0.113. The monoisotopic (exact) mass is 395 g/mol. The molecule has 5 nitrogen and oxygen atoms in total. The first kappa shape index (κ1) is 18.3. The highest BCUT2D eigenvalue weighted by Crippen LogP contribution is 2.29. The van der Waals surface area contributed by atoms with Crippen molar-refractivity contribution in [2.45, 2.75) is 26.4 Å². The molecule has 1 saturated heterocycles. The van der Waals surface area contributed by atoms with Gasteiger partial charge in [-0.2, -0.15) is 0 Å². The summed E-state index contributed by atoms with van der Waals surface area (Å²) >= 11 is 1.48. The molecule has 142 valence electrons. The number of aromatic nitrogens is 1. The lowest BCUT2D eigenvalue weighted by Crippen LogP contribution is -2.33. The van der Waals surface area contributed by atoms with Crippen molar-refractivity contribution in [1.29, 1.82) is 0 Å². The van der Waals surface area contributed by atoms with Gasteiger partial charge in [0.15, 0.2) is 0 Å². The van der Waals surface area contributed by atoms with Crippen LogP contribution in [0, 0.1) is 12.7 Å². The Morgan fingerprint density at radius 1 is 1.07 bits per heavy atom. The molecule has 4 rings (SSSR count). The average Bonchev–Trinajstić information content (AvgIpc) is 3.23. The molecule has 2 aromatic carbocycles. The SMILES string of the molecule is Cc1ccc(-c2nc(CN3C(=O)C(C)N(c4ccc(F)cc4)C3=O)cs2)cc1. The van der Waals surface area contributed by atoms with Gasteiger partial charge >= 0.3 is 6.03 Å². The first-order valence-corrected chi connectivity index (χ1v) is 9.73. The number of carbonyl (C=O) groups is 2. The number of aryl methyl sites for hydroxylation is 1. The molecule has 1 fully saturated rings. The van der Waals surface area contributed by atoms with Crippen LogP contribution in [0.4, 0.5) is 14.9 Å². The predicted molar refractivity (Wildman–Crippen MR) is 107 cm³/mol. The minimum atomic E-state index is -0.645. The molecule has 2 heterocycles. The average molecular weight is 395 g/mol. The topological polar surface area (TPSA) is 53.5 Å². The van der Waals surface area contributed by atoms with Crippen LogP contribution < -0.4 is 4.90 Å². The summed E-state index contributed by atoms with van der Waals surface area (Å²) in [5.74, 6) is -0.684. The molecule has 0 radical (unpaired) electrons. The summed E-state index contributed by atoms with van der Waals surface area (Å²) < 4.78 is 13.2. The highest BCUT2D eigenvalue weighted by molar-refractivity contribution is 7.13. The first-order valence-electron chi connectivity index (χ1n) is 8.85. The van der Waals surface area contributed by atoms with E-state index in [1.54, 1.807) is 6.92 Å². The zero-order valence-electron chi connectivity index (χ0n) is 15.4. The van der Waals surface area contributed by atoms with Crippen molar-refractivity contribution in [3.8, 4) is 10.6 Å². The second kappa shape index (κ2) is 7.16. The number of urea groups is 1. The number of nitrogens with zero attached hydrogens (tertiary/aromatic N) is 3. The maximum Gasteiger partial charge on any atom is 0.332 e. The van der Waals surface area contributed by atoms with Crippen molar-refractivity contribution >= 4 is 29.0 Å². The molecule has 1 aromatic heterocycles. The zero-order valence-corrected chi connectivity index (χ0v) is 16.2. The molecule has 1 aliphatic heterocycles. The van der Waals surface area contributed by atoms with Gasteiger partial charge in [-0.1, -0.05) is 29.8 Å². The van der Waals surface area contributed by atoms with E-state index in [9.17, 15) is 14.0 Å². The van der Waals surface area contributed by atoms with E-state index in [0.717, 1.165) is 10.6 Å². The number of thiazole rings is 1. The third kappa shape index (κ3) is 3.29. The van der Waals surface area contributed by atoms with Gasteiger partial charge in [-0.15, -0.1) is 11.3 Å². The largest absolute Gasteiger partial charge is 0.332 e. The highest BCUT2D eigenvalue weighted by atomic mass is 32.1. The van der Waals surface area contributed by atoms with Gasteiger partial charge in [0.1, 0.15) is 16.9 Å². The van der Waals surface area contributed by atoms with Crippen LogP contribution in [0.15, 0.2) is 53.9 Å². The molecule has 28 heavy (non-hydrogen) atoms. The van der Waals surface area contributed by atoms with Crippen molar-refractivity contribution in [3.05, 3.63) is 71.0 Å². The molecule has 1 aliphatic rings. The first-order chi connectivity index (χ1) is 13.4. The van der Waals surface area contributed by atoms with Gasteiger partial charge in [-0.05, 0) is 38.1 Å². The summed E-state index contributed by atoms with van der Waals surface area (Å²) in [6.07, 6.45) is 0. The summed E-state index contributed by atoms with van der Waals surface area (Å²) in [6.45, 7) is 3.81. The fraction of sp³-hybridized carbons (Fsp3) is 0.190. The maximum atomic E-state index is 13.2. The molecule has 0 aliphatic carbocycles. The lowest BCUT2D eigenvalue weighted by molar-refractivity contribution is -0.127. The van der Waals surface area contributed by atoms with Gasteiger partial charge in [0.25, 0.3) is 5.91 Å². The number of imide groups is 1. The zero-order chi connectivity index (χ0) is 19.8. The van der Waals surface area contributed by atoms with Crippen LogP contribution in [-0.4, -0.2) is 27.9 Å². The van der Waals surface area contributed by atoms with Gasteiger partial charge in [0, 0.05) is 16.6 Å². The van der Waals surface area contributed by atoms with Crippen molar-refractivity contribution in [3.63, 3.8) is 0 Å². The maximum absolute atomic E-state index is 13.2. The lowest BCUT2D eigenvalue weighted by atomic mass is 10.2. The number of rotatable bonds is 4. The molecule has 0 N–H and O–H groups in total. The number of hydrogen-bond acceptors (Lipinski definition) is 4. The normalized spacial score (nSPS) is 16.9. The van der Waals surface area contributed by atoms with Crippen LogP contribution >= 0.6 is 11.3 Å². The van der Waals surface area contributed by atoms with Crippen LogP contribution in [0.1, 0.15) is 18.2 Å². The van der Waals surface area contributed by atoms with Gasteiger partial charge in [0.2, 0.25) is 0 Å². The molecule has 0 bridgehead atoms. The highest BCUT2D eigenvalue weighted by Gasteiger charge is 2.43. The Balaban J connectivity index is 1.55. The Bertz CT molecular complexity index is 1030. The summed E-state index contributed by atoms with van der Waals surface area (Å²) in [6, 6.07) is 12.5. The number of hydrogen-bond donors (Lipinski definition) is 0. The Kier molecular flexibility index (Phi) is 4.68. The third-order valence-electron chi connectivity index (χ3n) is 4.72. The molecule has 0 saturated carbocycles. The van der Waals surface area contributed by atoms with Crippen molar-refractivity contribution in [2.24, 2.45) is 0 Å². The molecule has 1 atom stereocenters. The Morgan fingerprint density at radius 2 is 1.75 bits per heavy atom. The van der Waals surface area contributed by atoms with E-state index in [2.05, 4.69) is 4.98 Å². The third-order valence-corrected chi connectivity index (χ3v) is 5.66. The summed E-state index contributed by atoms with van der Waals surface area (Å²) in [5.41, 5.74) is 3.33. The summed E-state index contributed by atoms with van der Waals surface area (Å²) in [5, 5.41) is 2.71. The minimum Gasteiger partial charge on any atom is -0.282 e. The van der Waals surface area contributed by atoms with Crippen molar-refractivity contribution in [2.75, 3.05) is 4.90 Å². The molecule has 3 aromatic rings. The van der Waals surface area contributed by atoms with Crippen LogP contribution in [0.2, 0.25) is 0 Å². The summed E-state index contributed by atoms with van der Waals surface area (Å²) in [4.78, 5) is 32.7. The number of benzene rings is 2. The van der Waals surface area contributed by atoms with Gasteiger partial charge < -0.3 is 0 Å². The van der Waals surface area contributed by atoms with Crippen molar-refractivity contribution < 1.29 is 14.0 Å². The Hall–Kier alpha value is -3.06. The van der Waals surface area contributed by atoms with E-state index in [1.807, 2.05) is 36.6 Å². The second-order valence-electron chi connectivity index (χ2n) is 6.74. The van der Waals surface area contributed by atoms with E-state index in [4.69, 9.17) is 0 Å². The number of halogens is 1. The van der Waals surface area contributed by atoms with Crippen LogP contribution in [0.3, 0.4) is 0 Å². The van der Waals surface area contributed by atoms with E-state index in [1.165, 1.54) is 51.0 Å². The summed E-state index contributed by atoms with van der Waals surface area (Å²) in [7, 11) is 0. The molecule has 7 heteroatoms. The molecule has 1 unspecified atom stereocenters. The van der Waals surface area contributed by atoms with Crippen molar-refractivity contribution in [1.82, 2.24) is 9.88 Å². The van der Waals surface area contributed by atoms with Gasteiger partial charge in [0.05, 0.1) is 12.2 Å². The molecular weight excluding hydrogens is 377 g/mol. The number of anilines is 1. The Morgan fingerprint density at radius 3 is 2.43 bits per heavy atom. The second-order valence-corrected chi connectivity index (χ2v) is 7.60. The van der Waals surface area contributed by atoms with E-state index in [-0.39, 0.29) is 12.5 Å². The van der Waals surface area contributed by atoms with Gasteiger partial charge in [-0.25, -0.2) is 14.2 Å². The van der Waals surface area contributed by atoms with Crippen LogP contribution in [-0.2, 0) is 11.3 Å². The lowest BCUT2D eigenvalue weighted by Gasteiger charge is -2.19. The standard InChI is InChI=1S/C21H18FN3O2S/c1-13-3-5-15(6-4-13)19-23-17(12-28-19)11-24-20(26)14(2)25(21(24)27)18-9-7-16(22)8-10-18/h3-10,12,14H,11H2,1-2H3. The smallest absolute Gasteiger partial charge is 0.282 e. The quantitative estimate of drug-likeness (QED) is 0.606. The van der Waals surface area contributed by atoms with Crippen LogP contribution in [0.25, 0.3) is 10.6 Å². The van der Waals surface area contributed by atoms with Gasteiger partial charge in [-0.3, -0.25) is 14.6 Å². The fourth-order valence-corrected chi connectivity index (χ4v) is 3.99. The molecule has 0 spiro atoms. The van der Waals surface area contributed by atoms with E-state index >= 15 is 0 Å². The Labute approximate surface area is 166 Å².